The van der Waals surface area contributed by atoms with Crippen LogP contribution in [0.25, 0.3) is 5.57 Å². The lowest BCUT2D eigenvalue weighted by molar-refractivity contribution is 0.313. The van der Waals surface area contributed by atoms with Crippen LogP contribution in [0.15, 0.2) is 70.9 Å². The fourth-order valence-electron chi connectivity index (χ4n) is 3.39. The smallest absolute Gasteiger partial charge is 0.137 e. The van der Waals surface area contributed by atoms with Crippen LogP contribution in [0, 0.1) is 22.7 Å². The van der Waals surface area contributed by atoms with Gasteiger partial charge in [-0.3, -0.25) is 0 Å². The van der Waals surface area contributed by atoms with E-state index in [1.54, 1.807) is 25.2 Å². The molecular formula is C24H23N3O2. The maximum Gasteiger partial charge on any atom is 0.137 e. The van der Waals surface area contributed by atoms with Crippen molar-refractivity contribution in [1.82, 2.24) is 0 Å². The second-order valence-corrected chi connectivity index (χ2v) is 6.79. The standard InChI is InChI=1S/C24H23N3O2/c1-5-27(6-2)20-7-8-23-16(3)9-21(29-24(23)12-20)13-22-11-18(10-17(4)28-22)19(14-25)15-26/h7-13H,5-6H2,1-4H3. The molecule has 0 aliphatic carbocycles. The average Bonchev–Trinajstić information content (AvgIpc) is 2.69. The Morgan fingerprint density at radius 1 is 1.03 bits per heavy atom. The van der Waals surface area contributed by atoms with Crippen LogP contribution in [0.2, 0.25) is 0 Å². The van der Waals surface area contributed by atoms with E-state index in [0.29, 0.717) is 22.9 Å². The monoisotopic (exact) mass is 385 g/mol. The van der Waals surface area contributed by atoms with Crippen molar-refractivity contribution in [2.24, 2.45) is 0 Å². The fraction of sp³-hybridized carbons (Fsp3) is 0.250. The van der Waals surface area contributed by atoms with Crippen LogP contribution in [-0.4, -0.2) is 13.1 Å². The Morgan fingerprint density at radius 2 is 1.76 bits per heavy atom. The fourth-order valence-corrected chi connectivity index (χ4v) is 3.39. The minimum atomic E-state index is 0.0500. The van der Waals surface area contributed by atoms with Gasteiger partial charge in [0.25, 0.3) is 0 Å². The zero-order chi connectivity index (χ0) is 21.0. The summed E-state index contributed by atoms with van der Waals surface area (Å²) in [6, 6.07) is 10.1. The quantitative estimate of drug-likeness (QED) is 0.651. The molecule has 1 aromatic rings. The van der Waals surface area contributed by atoms with Gasteiger partial charge >= 0.3 is 0 Å². The zero-order valence-electron chi connectivity index (χ0n) is 17.1. The van der Waals surface area contributed by atoms with Crippen LogP contribution >= 0.6 is 0 Å². The van der Waals surface area contributed by atoms with Crippen molar-refractivity contribution in [1.29, 1.82) is 10.5 Å². The number of hydrogen-bond donors (Lipinski definition) is 0. The summed E-state index contributed by atoms with van der Waals surface area (Å²) in [5.74, 6) is 2.57. The number of hydrogen-bond acceptors (Lipinski definition) is 5. The topological polar surface area (TPSA) is 69.3 Å². The van der Waals surface area contributed by atoms with Gasteiger partial charge in [0.1, 0.15) is 40.7 Å². The van der Waals surface area contributed by atoms with Crippen molar-refractivity contribution in [3.05, 3.63) is 76.5 Å². The van der Waals surface area contributed by atoms with Gasteiger partial charge in [-0.25, -0.2) is 0 Å². The van der Waals surface area contributed by atoms with Crippen molar-refractivity contribution in [2.45, 2.75) is 27.7 Å². The maximum absolute atomic E-state index is 9.14. The zero-order valence-corrected chi connectivity index (χ0v) is 17.1. The van der Waals surface area contributed by atoms with Crippen LogP contribution in [-0.2, 0) is 4.74 Å². The van der Waals surface area contributed by atoms with Gasteiger partial charge in [-0.15, -0.1) is 0 Å². The summed E-state index contributed by atoms with van der Waals surface area (Å²) in [4.78, 5) is 2.27. The normalized spacial score (nSPS) is 16.3. The van der Waals surface area contributed by atoms with Gasteiger partial charge in [-0.05, 0) is 63.6 Å². The molecule has 0 amide bonds. The first kappa shape index (κ1) is 20.0. The summed E-state index contributed by atoms with van der Waals surface area (Å²) < 4.78 is 11.9. The number of ether oxygens (including phenoxy) is 2. The first-order valence-electron chi connectivity index (χ1n) is 9.58. The Morgan fingerprint density at radius 3 is 2.41 bits per heavy atom. The van der Waals surface area contributed by atoms with Gasteiger partial charge in [-0.2, -0.15) is 10.5 Å². The third-order valence-corrected chi connectivity index (χ3v) is 4.84. The van der Waals surface area contributed by atoms with E-state index >= 15 is 0 Å². The lowest BCUT2D eigenvalue weighted by atomic mass is 10.0. The Labute approximate surface area is 171 Å². The SMILES string of the molecule is CCN(CC)c1ccc2c(c1)OC(=CC1=CC(=C(C#N)C#N)C=C(C)O1)C=C2C. The number of benzene rings is 1. The molecule has 5 nitrogen and oxygen atoms in total. The molecule has 0 fully saturated rings. The van der Waals surface area contributed by atoms with Crippen molar-refractivity contribution >= 4 is 11.3 Å². The van der Waals surface area contributed by atoms with E-state index in [1.807, 2.05) is 25.1 Å². The molecule has 0 unspecified atom stereocenters. The minimum Gasteiger partial charge on any atom is -0.462 e. The van der Waals surface area contributed by atoms with E-state index in [1.165, 1.54) is 0 Å². The molecule has 146 valence electrons. The summed E-state index contributed by atoms with van der Waals surface area (Å²) in [6.45, 7) is 9.94. The van der Waals surface area contributed by atoms with E-state index in [2.05, 4.69) is 36.9 Å². The molecule has 5 heteroatoms. The van der Waals surface area contributed by atoms with Crippen molar-refractivity contribution in [2.75, 3.05) is 18.0 Å². The van der Waals surface area contributed by atoms with E-state index in [4.69, 9.17) is 20.0 Å². The molecule has 0 aromatic heterocycles. The molecule has 2 aliphatic heterocycles. The molecule has 3 rings (SSSR count). The van der Waals surface area contributed by atoms with Crippen LogP contribution in [0.4, 0.5) is 5.69 Å². The van der Waals surface area contributed by atoms with Crippen molar-refractivity contribution in [3.8, 4) is 17.9 Å². The Kier molecular flexibility index (Phi) is 5.90. The summed E-state index contributed by atoms with van der Waals surface area (Å²) in [7, 11) is 0. The highest BCUT2D eigenvalue weighted by atomic mass is 16.5. The average molecular weight is 385 g/mol. The minimum absolute atomic E-state index is 0.0500. The largest absolute Gasteiger partial charge is 0.462 e. The molecule has 0 N–H and O–H groups in total. The second kappa shape index (κ2) is 8.54. The van der Waals surface area contributed by atoms with Crippen LogP contribution in [0.3, 0.4) is 0 Å². The Balaban J connectivity index is 1.97. The maximum atomic E-state index is 9.14. The number of nitrogens with zero attached hydrogens (tertiary/aromatic N) is 3. The van der Waals surface area contributed by atoms with E-state index in [0.717, 1.165) is 35.7 Å². The van der Waals surface area contributed by atoms with Gasteiger partial charge < -0.3 is 14.4 Å². The molecule has 2 aliphatic rings. The van der Waals surface area contributed by atoms with Gasteiger partial charge in [0.2, 0.25) is 0 Å². The van der Waals surface area contributed by atoms with Crippen LogP contribution < -0.4 is 9.64 Å². The number of nitriles is 2. The molecule has 29 heavy (non-hydrogen) atoms. The van der Waals surface area contributed by atoms with Gasteiger partial charge in [-0.1, -0.05) is 0 Å². The lowest BCUT2D eigenvalue weighted by Crippen LogP contribution is -2.21. The number of rotatable bonds is 4. The molecular weight excluding hydrogens is 362 g/mol. The molecule has 0 saturated carbocycles. The third kappa shape index (κ3) is 4.25. The molecule has 0 spiro atoms. The number of anilines is 1. The number of fused-ring (bicyclic) bond motifs is 1. The van der Waals surface area contributed by atoms with E-state index in [9.17, 15) is 0 Å². The third-order valence-electron chi connectivity index (χ3n) is 4.84. The molecule has 1 aromatic carbocycles. The van der Waals surface area contributed by atoms with Gasteiger partial charge in [0.05, 0.1) is 0 Å². The van der Waals surface area contributed by atoms with Crippen LogP contribution in [0.5, 0.6) is 5.75 Å². The van der Waals surface area contributed by atoms with Crippen LogP contribution in [0.1, 0.15) is 33.3 Å². The first-order valence-corrected chi connectivity index (χ1v) is 9.58. The predicted molar refractivity (Wildman–Crippen MR) is 114 cm³/mol. The molecule has 0 radical (unpaired) electrons. The highest BCUT2D eigenvalue weighted by Crippen LogP contribution is 2.36. The summed E-state index contributed by atoms with van der Waals surface area (Å²) >= 11 is 0. The first-order chi connectivity index (χ1) is 14.0. The van der Waals surface area contributed by atoms with Crippen molar-refractivity contribution in [3.63, 3.8) is 0 Å². The molecule has 0 atom stereocenters. The predicted octanol–water partition coefficient (Wildman–Crippen LogP) is 5.37. The highest BCUT2D eigenvalue weighted by Gasteiger charge is 2.18. The molecule has 2 heterocycles. The lowest BCUT2D eigenvalue weighted by Gasteiger charge is -2.25. The summed E-state index contributed by atoms with van der Waals surface area (Å²) in [5.41, 5.74) is 3.86. The molecule has 0 saturated heterocycles. The van der Waals surface area contributed by atoms with Gasteiger partial charge in [0.15, 0.2) is 0 Å². The second-order valence-electron chi connectivity index (χ2n) is 6.79. The Bertz CT molecular complexity index is 1050. The van der Waals surface area contributed by atoms with Gasteiger partial charge in [0, 0.05) is 42.1 Å². The highest BCUT2D eigenvalue weighted by molar-refractivity contribution is 5.76. The van der Waals surface area contributed by atoms with Crippen molar-refractivity contribution < 1.29 is 9.47 Å². The van der Waals surface area contributed by atoms with E-state index in [-0.39, 0.29) is 5.57 Å². The number of allylic oxidation sites excluding steroid dienone is 8. The summed E-state index contributed by atoms with van der Waals surface area (Å²) in [6.07, 6.45) is 7.09. The Hall–Kier alpha value is -3.70. The summed E-state index contributed by atoms with van der Waals surface area (Å²) in [5, 5.41) is 18.3. The molecule has 0 bridgehead atoms. The van der Waals surface area contributed by atoms with E-state index < -0.39 is 0 Å².